The van der Waals surface area contributed by atoms with Crippen molar-refractivity contribution in [3.8, 4) is 0 Å². The second kappa shape index (κ2) is 10.0. The molecule has 1 heterocycles. The van der Waals surface area contributed by atoms with Crippen LogP contribution in [0.4, 0.5) is 11.4 Å². The molecule has 4 rings (SSSR count). The zero-order valence-electron chi connectivity index (χ0n) is 18.5. The van der Waals surface area contributed by atoms with Gasteiger partial charge in [0.05, 0.1) is 11.7 Å². The van der Waals surface area contributed by atoms with Crippen LogP contribution in [0.25, 0.3) is 0 Å². The standard InChI is InChI=1S/C27H28N2O2S/c1-3-19-10-8-9-13-24(19)29-25(30)18-32-27(29)21-14-16-22(17-15-21)28-26(31)23(4-2)20-11-6-5-7-12-20/h5-17,23,27H,3-4,18H2,1-2H3,(H,28,31). The monoisotopic (exact) mass is 444 g/mol. The first-order chi connectivity index (χ1) is 15.6. The van der Waals surface area contributed by atoms with Gasteiger partial charge in [-0.3, -0.25) is 14.5 Å². The zero-order chi connectivity index (χ0) is 22.5. The average Bonchev–Trinajstić information content (AvgIpc) is 3.21. The SMILES string of the molecule is CCc1ccccc1N1C(=O)CSC1c1ccc(NC(=O)C(CC)c2ccccc2)cc1. The molecule has 32 heavy (non-hydrogen) atoms. The quantitative estimate of drug-likeness (QED) is 0.475. The minimum atomic E-state index is -0.181. The minimum absolute atomic E-state index is 0.00429. The number of amides is 2. The number of para-hydroxylation sites is 1. The Bertz CT molecular complexity index is 1080. The maximum absolute atomic E-state index is 12.9. The maximum Gasteiger partial charge on any atom is 0.238 e. The van der Waals surface area contributed by atoms with Crippen LogP contribution in [0.1, 0.15) is 48.3 Å². The third-order valence-electron chi connectivity index (χ3n) is 5.89. The normalized spacial score (nSPS) is 16.8. The summed E-state index contributed by atoms with van der Waals surface area (Å²) >= 11 is 1.64. The van der Waals surface area contributed by atoms with Gasteiger partial charge in [0.15, 0.2) is 0 Å². The lowest BCUT2D eigenvalue weighted by atomic mass is 9.95. The molecule has 2 atom stereocenters. The molecule has 164 valence electrons. The third-order valence-corrected chi connectivity index (χ3v) is 7.10. The van der Waals surface area contributed by atoms with Gasteiger partial charge in [0.25, 0.3) is 0 Å². The lowest BCUT2D eigenvalue weighted by molar-refractivity contribution is -0.118. The van der Waals surface area contributed by atoms with E-state index in [-0.39, 0.29) is 23.1 Å². The molecule has 0 bridgehead atoms. The fourth-order valence-corrected chi connectivity index (χ4v) is 5.36. The van der Waals surface area contributed by atoms with Crippen molar-refractivity contribution in [2.24, 2.45) is 0 Å². The average molecular weight is 445 g/mol. The van der Waals surface area contributed by atoms with E-state index in [1.54, 1.807) is 11.8 Å². The van der Waals surface area contributed by atoms with Gasteiger partial charge in [-0.25, -0.2) is 0 Å². The fraction of sp³-hybridized carbons (Fsp3) is 0.259. The summed E-state index contributed by atoms with van der Waals surface area (Å²) in [5, 5.41) is 2.99. The molecule has 0 aliphatic carbocycles. The van der Waals surface area contributed by atoms with Crippen molar-refractivity contribution in [1.82, 2.24) is 0 Å². The highest BCUT2D eigenvalue weighted by molar-refractivity contribution is 8.00. The Labute approximate surface area is 194 Å². The number of nitrogens with zero attached hydrogens (tertiary/aromatic N) is 1. The Morgan fingerprint density at radius 1 is 1.00 bits per heavy atom. The molecule has 3 aromatic rings. The van der Waals surface area contributed by atoms with Crippen LogP contribution in [0.2, 0.25) is 0 Å². The number of anilines is 2. The summed E-state index contributed by atoms with van der Waals surface area (Å²) in [6.07, 6.45) is 1.61. The van der Waals surface area contributed by atoms with E-state index >= 15 is 0 Å². The van der Waals surface area contributed by atoms with Gasteiger partial charge in [0, 0.05) is 11.4 Å². The van der Waals surface area contributed by atoms with E-state index in [0.29, 0.717) is 5.75 Å². The summed E-state index contributed by atoms with van der Waals surface area (Å²) in [7, 11) is 0. The molecule has 5 heteroatoms. The molecular weight excluding hydrogens is 416 g/mol. The predicted molar refractivity (Wildman–Crippen MR) is 133 cm³/mol. The molecule has 2 unspecified atom stereocenters. The minimum Gasteiger partial charge on any atom is -0.326 e. The summed E-state index contributed by atoms with van der Waals surface area (Å²) in [6, 6.07) is 25.9. The van der Waals surface area contributed by atoms with Crippen LogP contribution in [0.5, 0.6) is 0 Å². The third kappa shape index (κ3) is 4.58. The molecule has 4 nitrogen and oxygen atoms in total. The smallest absolute Gasteiger partial charge is 0.238 e. The van der Waals surface area contributed by atoms with Crippen LogP contribution in [-0.2, 0) is 16.0 Å². The molecule has 0 radical (unpaired) electrons. The van der Waals surface area contributed by atoms with E-state index in [2.05, 4.69) is 18.3 Å². The Morgan fingerprint density at radius 2 is 1.69 bits per heavy atom. The number of nitrogens with one attached hydrogen (secondary N) is 1. The van der Waals surface area contributed by atoms with E-state index < -0.39 is 0 Å². The molecular formula is C27H28N2O2S. The van der Waals surface area contributed by atoms with E-state index in [0.717, 1.165) is 35.3 Å². The van der Waals surface area contributed by atoms with Crippen LogP contribution < -0.4 is 10.2 Å². The topological polar surface area (TPSA) is 49.4 Å². The number of benzene rings is 3. The molecule has 1 saturated heterocycles. The Balaban J connectivity index is 1.52. The van der Waals surface area contributed by atoms with Crippen molar-refractivity contribution >= 4 is 35.0 Å². The number of rotatable bonds is 7. The van der Waals surface area contributed by atoms with E-state index in [9.17, 15) is 9.59 Å². The number of hydrogen-bond acceptors (Lipinski definition) is 3. The second-order valence-electron chi connectivity index (χ2n) is 7.89. The van der Waals surface area contributed by atoms with Crippen LogP contribution in [-0.4, -0.2) is 17.6 Å². The lowest BCUT2D eigenvalue weighted by Crippen LogP contribution is -2.28. The molecule has 3 aromatic carbocycles. The summed E-state index contributed by atoms with van der Waals surface area (Å²) in [5.74, 6) is 0.415. The lowest BCUT2D eigenvalue weighted by Gasteiger charge is -2.26. The fourth-order valence-electron chi connectivity index (χ4n) is 4.19. The highest BCUT2D eigenvalue weighted by Crippen LogP contribution is 2.43. The second-order valence-corrected chi connectivity index (χ2v) is 8.96. The predicted octanol–water partition coefficient (Wildman–Crippen LogP) is 6.16. The van der Waals surface area contributed by atoms with Crippen LogP contribution in [0.3, 0.4) is 0 Å². The molecule has 1 aliphatic heterocycles. The van der Waals surface area contributed by atoms with E-state index in [1.165, 1.54) is 5.56 Å². The molecule has 1 fully saturated rings. The molecule has 1 aliphatic rings. The van der Waals surface area contributed by atoms with Gasteiger partial charge >= 0.3 is 0 Å². The van der Waals surface area contributed by atoms with Crippen LogP contribution in [0.15, 0.2) is 78.9 Å². The van der Waals surface area contributed by atoms with Crippen molar-refractivity contribution in [3.05, 3.63) is 95.6 Å². The number of carbonyl (C=O) groups is 2. The summed E-state index contributed by atoms with van der Waals surface area (Å²) in [5.41, 5.74) is 5.00. The summed E-state index contributed by atoms with van der Waals surface area (Å²) in [6.45, 7) is 4.13. The number of carbonyl (C=O) groups excluding carboxylic acids is 2. The van der Waals surface area contributed by atoms with Crippen molar-refractivity contribution in [2.75, 3.05) is 16.0 Å². The van der Waals surface area contributed by atoms with Gasteiger partial charge in [0.1, 0.15) is 5.37 Å². The van der Waals surface area contributed by atoms with Crippen molar-refractivity contribution < 1.29 is 9.59 Å². The molecule has 0 spiro atoms. The van der Waals surface area contributed by atoms with Gasteiger partial charge in [-0.1, -0.05) is 74.5 Å². The van der Waals surface area contributed by atoms with E-state index in [4.69, 9.17) is 0 Å². The Kier molecular flexibility index (Phi) is 6.96. The van der Waals surface area contributed by atoms with Crippen molar-refractivity contribution in [3.63, 3.8) is 0 Å². The van der Waals surface area contributed by atoms with Gasteiger partial charge in [-0.2, -0.15) is 0 Å². The summed E-state index contributed by atoms with van der Waals surface area (Å²) in [4.78, 5) is 27.5. The highest BCUT2D eigenvalue weighted by Gasteiger charge is 2.34. The maximum atomic E-state index is 12.9. The molecule has 0 aromatic heterocycles. The van der Waals surface area contributed by atoms with Crippen molar-refractivity contribution in [1.29, 1.82) is 0 Å². The Morgan fingerprint density at radius 3 is 2.38 bits per heavy atom. The first-order valence-electron chi connectivity index (χ1n) is 11.1. The van der Waals surface area contributed by atoms with E-state index in [1.807, 2.05) is 84.6 Å². The Hall–Kier alpha value is -3.05. The van der Waals surface area contributed by atoms with Gasteiger partial charge in [0.2, 0.25) is 11.8 Å². The van der Waals surface area contributed by atoms with Gasteiger partial charge in [-0.15, -0.1) is 11.8 Å². The molecule has 2 amide bonds. The zero-order valence-corrected chi connectivity index (χ0v) is 19.3. The van der Waals surface area contributed by atoms with Gasteiger partial charge < -0.3 is 5.32 Å². The van der Waals surface area contributed by atoms with Crippen molar-refractivity contribution in [2.45, 2.75) is 38.0 Å². The number of aryl methyl sites for hydroxylation is 1. The number of thioether (sulfide) groups is 1. The van der Waals surface area contributed by atoms with Crippen LogP contribution in [0, 0.1) is 0 Å². The van der Waals surface area contributed by atoms with Crippen LogP contribution >= 0.6 is 11.8 Å². The van der Waals surface area contributed by atoms with Gasteiger partial charge in [-0.05, 0) is 47.7 Å². The first-order valence-corrected chi connectivity index (χ1v) is 12.1. The first kappa shape index (κ1) is 22.2. The molecule has 1 N–H and O–H groups in total. The highest BCUT2D eigenvalue weighted by atomic mass is 32.2. The number of hydrogen-bond donors (Lipinski definition) is 1. The molecule has 0 saturated carbocycles. The summed E-state index contributed by atoms with van der Waals surface area (Å²) < 4.78 is 0. The largest absolute Gasteiger partial charge is 0.326 e.